The molecular formula is C16H12ClF3O3. The molecule has 0 aromatic heterocycles. The summed E-state index contributed by atoms with van der Waals surface area (Å²) in [5, 5.41) is -0.173. The number of ether oxygens (including phenoxy) is 2. The monoisotopic (exact) mass is 344 g/mol. The molecule has 0 heterocycles. The van der Waals surface area contributed by atoms with Crippen LogP contribution >= 0.6 is 11.6 Å². The summed E-state index contributed by atoms with van der Waals surface area (Å²) >= 11 is 5.83. The average Bonchev–Trinajstić information content (AvgIpc) is 2.49. The second-order valence-corrected chi connectivity index (χ2v) is 5.04. The molecule has 0 aliphatic carbocycles. The molecule has 0 spiro atoms. The lowest BCUT2D eigenvalue weighted by Gasteiger charge is -2.11. The fourth-order valence-electron chi connectivity index (χ4n) is 1.83. The number of hydrogen-bond donors (Lipinski definition) is 0. The van der Waals surface area contributed by atoms with Gasteiger partial charge in [0.1, 0.15) is 18.1 Å². The number of carbonyl (C=O) groups excluding carboxylic acids is 1. The van der Waals surface area contributed by atoms with E-state index in [1.807, 2.05) is 0 Å². The number of hydrogen-bond acceptors (Lipinski definition) is 3. The molecule has 23 heavy (non-hydrogen) atoms. The Morgan fingerprint density at radius 3 is 2.52 bits per heavy atom. The molecule has 2 rings (SSSR count). The molecule has 0 aliphatic heterocycles. The van der Waals surface area contributed by atoms with E-state index in [2.05, 4.69) is 0 Å². The van der Waals surface area contributed by atoms with Crippen LogP contribution in [0.15, 0.2) is 42.5 Å². The third kappa shape index (κ3) is 4.46. The third-order valence-electron chi connectivity index (χ3n) is 2.92. The Morgan fingerprint density at radius 1 is 1.17 bits per heavy atom. The van der Waals surface area contributed by atoms with E-state index in [0.717, 1.165) is 18.2 Å². The minimum atomic E-state index is -4.48. The molecule has 0 N–H and O–H groups in total. The first-order valence-electron chi connectivity index (χ1n) is 6.48. The van der Waals surface area contributed by atoms with Gasteiger partial charge in [-0.15, -0.1) is 0 Å². The van der Waals surface area contributed by atoms with Gasteiger partial charge in [0.05, 0.1) is 10.6 Å². The minimum Gasteiger partial charge on any atom is -0.456 e. The zero-order valence-corrected chi connectivity index (χ0v) is 12.7. The van der Waals surface area contributed by atoms with Gasteiger partial charge in [-0.1, -0.05) is 23.7 Å². The summed E-state index contributed by atoms with van der Waals surface area (Å²) in [5.41, 5.74) is -0.494. The highest BCUT2D eigenvalue weighted by molar-refractivity contribution is 6.32. The topological polar surface area (TPSA) is 35.5 Å². The first-order valence-corrected chi connectivity index (χ1v) is 6.86. The molecule has 0 bridgehead atoms. The van der Waals surface area contributed by atoms with E-state index in [-0.39, 0.29) is 28.9 Å². The summed E-state index contributed by atoms with van der Waals surface area (Å²) in [7, 11) is 1.40. The molecule has 0 atom stereocenters. The van der Waals surface area contributed by atoms with E-state index in [1.54, 1.807) is 18.2 Å². The molecule has 3 nitrogen and oxygen atoms in total. The molecule has 0 saturated carbocycles. The number of methoxy groups -OCH3 is 1. The smallest absolute Gasteiger partial charge is 0.416 e. The second kappa shape index (κ2) is 7.02. The molecule has 0 amide bonds. The molecule has 0 fully saturated rings. The van der Waals surface area contributed by atoms with Crippen LogP contribution in [0.2, 0.25) is 5.02 Å². The number of alkyl halides is 3. The van der Waals surface area contributed by atoms with Crippen molar-refractivity contribution in [2.75, 3.05) is 13.7 Å². The van der Waals surface area contributed by atoms with Gasteiger partial charge in [-0.05, 0) is 30.3 Å². The van der Waals surface area contributed by atoms with E-state index in [9.17, 15) is 18.0 Å². The minimum absolute atomic E-state index is 0.0657. The Balaban J connectivity index is 2.23. The number of carbonyl (C=O) groups is 1. The summed E-state index contributed by atoms with van der Waals surface area (Å²) in [6, 6.07) is 9.01. The molecule has 0 aliphatic rings. The van der Waals surface area contributed by atoms with Crippen molar-refractivity contribution in [1.82, 2.24) is 0 Å². The molecule has 0 radical (unpaired) electrons. The van der Waals surface area contributed by atoms with Crippen LogP contribution in [0.3, 0.4) is 0 Å². The van der Waals surface area contributed by atoms with Gasteiger partial charge < -0.3 is 9.47 Å². The SMILES string of the molecule is COCC(=O)c1cccc(Oc2ccc(C(F)(F)F)cc2Cl)c1. The first kappa shape index (κ1) is 17.3. The Kier molecular flexibility index (Phi) is 5.28. The van der Waals surface area contributed by atoms with Crippen molar-refractivity contribution in [3.05, 3.63) is 58.6 Å². The van der Waals surface area contributed by atoms with E-state index < -0.39 is 11.7 Å². The lowest BCUT2D eigenvalue weighted by Crippen LogP contribution is -2.06. The van der Waals surface area contributed by atoms with Crippen molar-refractivity contribution in [3.8, 4) is 11.5 Å². The summed E-state index contributed by atoms with van der Waals surface area (Å²) in [5.74, 6) is 0.112. The van der Waals surface area contributed by atoms with Gasteiger partial charge >= 0.3 is 6.18 Å². The van der Waals surface area contributed by atoms with Crippen LogP contribution < -0.4 is 4.74 Å². The maximum Gasteiger partial charge on any atom is 0.416 e. The van der Waals surface area contributed by atoms with Crippen molar-refractivity contribution < 1.29 is 27.4 Å². The van der Waals surface area contributed by atoms with Crippen LogP contribution in [0, 0.1) is 0 Å². The van der Waals surface area contributed by atoms with Crippen molar-refractivity contribution in [2.24, 2.45) is 0 Å². The van der Waals surface area contributed by atoms with Crippen LogP contribution in [-0.2, 0) is 10.9 Å². The highest BCUT2D eigenvalue weighted by Gasteiger charge is 2.31. The van der Waals surface area contributed by atoms with Gasteiger partial charge in [0, 0.05) is 12.7 Å². The number of ketones is 1. The van der Waals surface area contributed by atoms with Crippen LogP contribution in [0.5, 0.6) is 11.5 Å². The molecule has 7 heteroatoms. The van der Waals surface area contributed by atoms with Gasteiger partial charge in [0.2, 0.25) is 0 Å². The van der Waals surface area contributed by atoms with Crippen LogP contribution in [0.25, 0.3) is 0 Å². The normalized spacial score (nSPS) is 11.3. The van der Waals surface area contributed by atoms with Crippen molar-refractivity contribution in [2.45, 2.75) is 6.18 Å². The lowest BCUT2D eigenvalue weighted by atomic mass is 10.1. The van der Waals surface area contributed by atoms with E-state index in [0.29, 0.717) is 5.56 Å². The summed E-state index contributed by atoms with van der Waals surface area (Å²) in [6.07, 6.45) is -4.48. The van der Waals surface area contributed by atoms with E-state index >= 15 is 0 Å². The fraction of sp³-hybridized carbons (Fsp3) is 0.188. The molecule has 122 valence electrons. The zero-order chi connectivity index (χ0) is 17.0. The maximum atomic E-state index is 12.6. The predicted molar refractivity (Wildman–Crippen MR) is 79.2 cm³/mol. The van der Waals surface area contributed by atoms with Gasteiger partial charge in [0.25, 0.3) is 0 Å². The lowest BCUT2D eigenvalue weighted by molar-refractivity contribution is -0.137. The average molecular weight is 345 g/mol. The third-order valence-corrected chi connectivity index (χ3v) is 3.21. The highest BCUT2D eigenvalue weighted by Crippen LogP contribution is 2.36. The highest BCUT2D eigenvalue weighted by atomic mass is 35.5. The Hall–Kier alpha value is -2.05. The van der Waals surface area contributed by atoms with E-state index in [4.69, 9.17) is 21.1 Å². The fourth-order valence-corrected chi connectivity index (χ4v) is 2.05. The van der Waals surface area contributed by atoms with Crippen LogP contribution in [0.4, 0.5) is 13.2 Å². The summed E-state index contributed by atoms with van der Waals surface area (Å²) in [6.45, 7) is -0.0789. The largest absolute Gasteiger partial charge is 0.456 e. The van der Waals surface area contributed by atoms with Crippen molar-refractivity contribution >= 4 is 17.4 Å². The predicted octanol–water partition coefficient (Wildman–Crippen LogP) is 4.98. The standard InChI is InChI=1S/C16H12ClF3O3/c1-22-9-14(21)10-3-2-4-12(7-10)23-15-6-5-11(8-13(15)17)16(18,19)20/h2-8H,9H2,1H3. The van der Waals surface area contributed by atoms with Crippen molar-refractivity contribution in [3.63, 3.8) is 0 Å². The number of rotatable bonds is 5. The Labute approximate surface area is 135 Å². The molecule has 0 unspecified atom stereocenters. The maximum absolute atomic E-state index is 12.6. The summed E-state index contributed by atoms with van der Waals surface area (Å²) < 4.78 is 48.0. The van der Waals surface area contributed by atoms with Crippen LogP contribution in [0.1, 0.15) is 15.9 Å². The molecule has 2 aromatic rings. The van der Waals surface area contributed by atoms with Gasteiger partial charge in [-0.2, -0.15) is 13.2 Å². The van der Waals surface area contributed by atoms with Crippen LogP contribution in [-0.4, -0.2) is 19.5 Å². The van der Waals surface area contributed by atoms with Gasteiger partial charge in [-0.3, -0.25) is 4.79 Å². The quantitative estimate of drug-likeness (QED) is 0.717. The Bertz CT molecular complexity index is 714. The molecule has 2 aromatic carbocycles. The zero-order valence-electron chi connectivity index (χ0n) is 12.0. The van der Waals surface area contributed by atoms with E-state index in [1.165, 1.54) is 13.2 Å². The summed E-state index contributed by atoms with van der Waals surface area (Å²) in [4.78, 5) is 11.7. The molecular weight excluding hydrogens is 333 g/mol. The number of halogens is 4. The number of benzene rings is 2. The Morgan fingerprint density at radius 2 is 1.91 bits per heavy atom. The first-order chi connectivity index (χ1) is 10.8. The van der Waals surface area contributed by atoms with Gasteiger partial charge in [-0.25, -0.2) is 0 Å². The number of Topliss-reactive ketones (excluding diaryl/α,β-unsaturated/α-hetero) is 1. The van der Waals surface area contributed by atoms with Gasteiger partial charge in [0.15, 0.2) is 5.78 Å². The molecule has 0 saturated heterocycles. The van der Waals surface area contributed by atoms with Crippen molar-refractivity contribution in [1.29, 1.82) is 0 Å². The second-order valence-electron chi connectivity index (χ2n) is 4.63.